The van der Waals surface area contributed by atoms with E-state index in [0.29, 0.717) is 17.3 Å². The van der Waals surface area contributed by atoms with E-state index >= 15 is 0 Å². The van der Waals surface area contributed by atoms with Gasteiger partial charge in [0, 0.05) is 32.6 Å². The van der Waals surface area contributed by atoms with Gasteiger partial charge in [-0.25, -0.2) is 0 Å². The molecular formula is C19H18BrClN2O. The number of hydrogen-bond acceptors (Lipinski definition) is 1. The maximum atomic E-state index is 12.9. The van der Waals surface area contributed by atoms with Gasteiger partial charge in [0.05, 0.1) is 0 Å². The van der Waals surface area contributed by atoms with Crippen LogP contribution in [0.4, 0.5) is 5.69 Å². The first-order valence-electron chi connectivity index (χ1n) is 7.78. The highest BCUT2D eigenvalue weighted by Gasteiger charge is 2.20. The van der Waals surface area contributed by atoms with E-state index in [1.807, 2.05) is 61.7 Å². The number of anilines is 1. The van der Waals surface area contributed by atoms with Crippen molar-refractivity contribution in [1.29, 1.82) is 0 Å². The number of fused-ring (bicyclic) bond motifs is 1. The summed E-state index contributed by atoms with van der Waals surface area (Å²) in [5, 5.41) is 4.69. The number of amides is 1. The van der Waals surface area contributed by atoms with E-state index in [1.54, 1.807) is 0 Å². The van der Waals surface area contributed by atoms with Crippen molar-refractivity contribution in [3.8, 4) is 0 Å². The van der Waals surface area contributed by atoms with Crippen LogP contribution in [-0.4, -0.2) is 10.5 Å². The smallest absolute Gasteiger partial charge is 0.272 e. The quantitative estimate of drug-likeness (QED) is 0.574. The second kappa shape index (κ2) is 6.61. The molecule has 3 aromatic rings. The third kappa shape index (κ3) is 2.96. The van der Waals surface area contributed by atoms with E-state index in [1.165, 1.54) is 0 Å². The number of halogens is 2. The molecule has 0 aliphatic carbocycles. The van der Waals surface area contributed by atoms with Crippen molar-refractivity contribution in [3.63, 3.8) is 0 Å². The molecule has 3 nitrogen and oxygen atoms in total. The summed E-state index contributed by atoms with van der Waals surface area (Å²) in [6, 6.07) is 11.5. The van der Waals surface area contributed by atoms with Gasteiger partial charge in [0.15, 0.2) is 0 Å². The van der Waals surface area contributed by atoms with Crippen LogP contribution >= 0.6 is 27.5 Å². The lowest BCUT2D eigenvalue weighted by atomic mass is 10.1. The molecule has 0 atom stereocenters. The van der Waals surface area contributed by atoms with Gasteiger partial charge in [0.2, 0.25) is 0 Å². The molecule has 1 N–H and O–H groups in total. The third-order valence-electron chi connectivity index (χ3n) is 4.23. The van der Waals surface area contributed by atoms with Crippen LogP contribution in [0.25, 0.3) is 10.9 Å². The minimum absolute atomic E-state index is 0.108. The van der Waals surface area contributed by atoms with Crippen LogP contribution in [0.3, 0.4) is 0 Å². The van der Waals surface area contributed by atoms with E-state index in [4.69, 9.17) is 11.6 Å². The Morgan fingerprint density at radius 2 is 1.96 bits per heavy atom. The Kier molecular flexibility index (Phi) is 4.70. The minimum Gasteiger partial charge on any atom is -0.337 e. The lowest BCUT2D eigenvalue weighted by Gasteiger charge is -2.11. The van der Waals surface area contributed by atoms with E-state index in [0.717, 1.165) is 32.2 Å². The van der Waals surface area contributed by atoms with Crippen LogP contribution in [0, 0.1) is 13.8 Å². The zero-order valence-electron chi connectivity index (χ0n) is 13.8. The molecular weight excluding hydrogens is 388 g/mol. The lowest BCUT2D eigenvalue weighted by Crippen LogP contribution is -2.18. The van der Waals surface area contributed by atoms with E-state index in [2.05, 4.69) is 21.2 Å². The Morgan fingerprint density at radius 3 is 2.62 bits per heavy atom. The number of rotatable bonds is 3. The fourth-order valence-electron chi connectivity index (χ4n) is 3.03. The lowest BCUT2D eigenvalue weighted by molar-refractivity contribution is 0.101. The van der Waals surface area contributed by atoms with Gasteiger partial charge in [-0.3, -0.25) is 4.79 Å². The fourth-order valence-corrected chi connectivity index (χ4v) is 3.45. The molecule has 24 heavy (non-hydrogen) atoms. The van der Waals surface area contributed by atoms with Gasteiger partial charge in [-0.1, -0.05) is 27.5 Å². The maximum absolute atomic E-state index is 12.9. The van der Waals surface area contributed by atoms with Gasteiger partial charge in [-0.2, -0.15) is 0 Å². The molecule has 0 radical (unpaired) electrons. The molecule has 3 rings (SSSR count). The molecule has 0 aliphatic heterocycles. The van der Waals surface area contributed by atoms with Gasteiger partial charge in [-0.05, 0) is 68.3 Å². The van der Waals surface area contributed by atoms with Gasteiger partial charge >= 0.3 is 0 Å². The van der Waals surface area contributed by atoms with E-state index in [9.17, 15) is 4.79 Å². The molecule has 5 heteroatoms. The number of carbonyl (C=O) groups excluding carboxylic acids is 1. The second-order valence-electron chi connectivity index (χ2n) is 5.80. The van der Waals surface area contributed by atoms with Crippen molar-refractivity contribution in [2.45, 2.75) is 27.3 Å². The predicted octanol–water partition coefficient (Wildman–Crippen LogP) is 5.95. The average molecular weight is 406 g/mol. The number of nitrogens with one attached hydrogen (secondary N) is 1. The molecule has 2 aromatic carbocycles. The van der Waals surface area contributed by atoms with Crippen molar-refractivity contribution in [2.75, 3.05) is 5.32 Å². The zero-order valence-corrected chi connectivity index (χ0v) is 16.1. The summed E-state index contributed by atoms with van der Waals surface area (Å²) >= 11 is 9.60. The zero-order chi connectivity index (χ0) is 17.4. The molecule has 0 aliphatic rings. The Labute approximate surface area is 154 Å². The Hall–Kier alpha value is -1.78. The molecule has 124 valence electrons. The van der Waals surface area contributed by atoms with E-state index < -0.39 is 0 Å². The molecule has 0 unspecified atom stereocenters. The second-order valence-corrected chi connectivity index (χ2v) is 7.09. The molecule has 0 spiro atoms. The largest absolute Gasteiger partial charge is 0.337 e. The number of benzene rings is 2. The summed E-state index contributed by atoms with van der Waals surface area (Å²) in [4.78, 5) is 12.9. The standard InChI is InChI=1S/C19H18BrClN2O/c1-4-23-17-8-5-13(21)10-15(17)12(3)18(23)19(24)22-14-6-7-16(20)11(2)9-14/h5-10H,4H2,1-3H3,(H,22,24). The number of hydrogen-bond donors (Lipinski definition) is 1. The third-order valence-corrected chi connectivity index (χ3v) is 5.35. The summed E-state index contributed by atoms with van der Waals surface area (Å²) in [5.41, 5.74) is 4.51. The van der Waals surface area contributed by atoms with Crippen molar-refractivity contribution >= 4 is 50.0 Å². The number of aryl methyl sites for hydroxylation is 3. The molecule has 0 fully saturated rings. The SMILES string of the molecule is CCn1c(C(=O)Nc2ccc(Br)c(C)c2)c(C)c2cc(Cl)ccc21. The maximum Gasteiger partial charge on any atom is 0.272 e. The first-order chi connectivity index (χ1) is 11.4. The summed E-state index contributed by atoms with van der Waals surface area (Å²) < 4.78 is 3.05. The number of nitrogens with zero attached hydrogens (tertiary/aromatic N) is 1. The molecule has 1 aromatic heterocycles. The van der Waals surface area contributed by atoms with Crippen molar-refractivity contribution in [1.82, 2.24) is 4.57 Å². The summed E-state index contributed by atoms with van der Waals surface area (Å²) in [6.07, 6.45) is 0. The van der Waals surface area contributed by atoms with Gasteiger partial charge in [-0.15, -0.1) is 0 Å². The summed E-state index contributed by atoms with van der Waals surface area (Å²) in [6.45, 7) is 6.71. The molecule has 0 saturated heterocycles. The van der Waals surface area contributed by atoms with Crippen LogP contribution in [0.15, 0.2) is 40.9 Å². The average Bonchev–Trinajstić information content (AvgIpc) is 2.83. The van der Waals surface area contributed by atoms with E-state index in [-0.39, 0.29) is 5.91 Å². The Balaban J connectivity index is 2.06. The fraction of sp³-hybridized carbons (Fsp3) is 0.211. The summed E-state index contributed by atoms with van der Waals surface area (Å²) in [7, 11) is 0. The van der Waals surface area contributed by atoms with Crippen LogP contribution in [0.5, 0.6) is 0 Å². The van der Waals surface area contributed by atoms with Crippen LogP contribution in [0.1, 0.15) is 28.5 Å². The topological polar surface area (TPSA) is 34.0 Å². The molecule has 1 amide bonds. The Morgan fingerprint density at radius 1 is 1.21 bits per heavy atom. The minimum atomic E-state index is -0.108. The van der Waals surface area contributed by atoms with Crippen molar-refractivity contribution in [3.05, 3.63) is 62.7 Å². The first-order valence-corrected chi connectivity index (χ1v) is 8.95. The first kappa shape index (κ1) is 17.1. The molecule has 0 saturated carbocycles. The normalized spacial score (nSPS) is 11.0. The van der Waals surface area contributed by atoms with Crippen LogP contribution in [0.2, 0.25) is 5.02 Å². The van der Waals surface area contributed by atoms with Gasteiger partial charge in [0.1, 0.15) is 5.69 Å². The van der Waals surface area contributed by atoms with Crippen LogP contribution < -0.4 is 5.32 Å². The van der Waals surface area contributed by atoms with Gasteiger partial charge < -0.3 is 9.88 Å². The van der Waals surface area contributed by atoms with Gasteiger partial charge in [0.25, 0.3) is 5.91 Å². The number of carbonyl (C=O) groups is 1. The highest BCUT2D eigenvalue weighted by atomic mass is 79.9. The Bertz CT molecular complexity index is 946. The molecule has 1 heterocycles. The monoisotopic (exact) mass is 404 g/mol. The molecule has 0 bridgehead atoms. The highest BCUT2D eigenvalue weighted by Crippen LogP contribution is 2.29. The predicted molar refractivity (Wildman–Crippen MR) is 104 cm³/mol. The number of aromatic nitrogens is 1. The van der Waals surface area contributed by atoms with Crippen molar-refractivity contribution in [2.24, 2.45) is 0 Å². The van der Waals surface area contributed by atoms with Crippen LogP contribution in [-0.2, 0) is 6.54 Å². The summed E-state index contributed by atoms with van der Waals surface area (Å²) in [5.74, 6) is -0.108. The van der Waals surface area contributed by atoms with Crippen molar-refractivity contribution < 1.29 is 4.79 Å². The highest BCUT2D eigenvalue weighted by molar-refractivity contribution is 9.10.